The third-order valence-corrected chi connectivity index (χ3v) is 2.71. The van der Waals surface area contributed by atoms with Gasteiger partial charge in [0.1, 0.15) is 11.4 Å². The molecule has 1 aromatic heterocycles. The summed E-state index contributed by atoms with van der Waals surface area (Å²) in [4.78, 5) is 11.7. The monoisotopic (exact) mass is 230 g/mol. The second-order valence-electron chi connectivity index (χ2n) is 3.79. The number of nitrogens with zero attached hydrogens (tertiary/aromatic N) is 1. The molecule has 4 heteroatoms. The molecule has 17 heavy (non-hydrogen) atoms. The number of methoxy groups -OCH3 is 1. The average molecular weight is 230 g/mol. The van der Waals surface area contributed by atoms with Crippen LogP contribution in [0.3, 0.4) is 0 Å². The highest BCUT2D eigenvalue weighted by molar-refractivity contribution is 5.75. The number of aryl methyl sites for hydroxylation is 1. The van der Waals surface area contributed by atoms with E-state index in [9.17, 15) is 4.79 Å². The van der Waals surface area contributed by atoms with Gasteiger partial charge in [-0.25, -0.2) is 0 Å². The Morgan fingerprint density at radius 1 is 1.18 bits per heavy atom. The summed E-state index contributed by atoms with van der Waals surface area (Å²) in [5, 5.41) is 0. The van der Waals surface area contributed by atoms with E-state index < -0.39 is 0 Å². The fraction of sp³-hybridized carbons (Fsp3) is 0.154. The Morgan fingerprint density at radius 3 is 2.41 bits per heavy atom. The highest BCUT2D eigenvalue weighted by Crippen LogP contribution is 2.24. The predicted octanol–water partition coefficient (Wildman–Crippen LogP) is 1.64. The zero-order chi connectivity index (χ0) is 12.4. The van der Waals surface area contributed by atoms with Crippen LogP contribution in [0, 0.1) is 0 Å². The SMILES string of the molecule is COc1ccc(-c2ccn(C)c(=O)c2N)cc1. The summed E-state index contributed by atoms with van der Waals surface area (Å²) in [7, 11) is 3.29. The largest absolute Gasteiger partial charge is 0.497 e. The van der Waals surface area contributed by atoms with Gasteiger partial charge in [-0.3, -0.25) is 4.79 Å². The van der Waals surface area contributed by atoms with E-state index in [4.69, 9.17) is 10.5 Å². The molecule has 0 atom stereocenters. The van der Waals surface area contributed by atoms with E-state index in [0.29, 0.717) is 0 Å². The van der Waals surface area contributed by atoms with Gasteiger partial charge in [-0.2, -0.15) is 0 Å². The zero-order valence-electron chi connectivity index (χ0n) is 9.81. The molecule has 0 aliphatic heterocycles. The van der Waals surface area contributed by atoms with Crippen LogP contribution in [0.15, 0.2) is 41.3 Å². The van der Waals surface area contributed by atoms with Crippen molar-refractivity contribution in [3.63, 3.8) is 0 Å². The molecule has 0 spiro atoms. The van der Waals surface area contributed by atoms with Crippen LogP contribution >= 0.6 is 0 Å². The molecule has 2 N–H and O–H groups in total. The Labute approximate surface area is 99.3 Å². The lowest BCUT2D eigenvalue weighted by Crippen LogP contribution is -2.20. The summed E-state index contributed by atoms with van der Waals surface area (Å²) in [6.07, 6.45) is 1.71. The molecule has 0 radical (unpaired) electrons. The van der Waals surface area contributed by atoms with Crippen LogP contribution < -0.4 is 16.0 Å². The van der Waals surface area contributed by atoms with Crippen molar-refractivity contribution in [1.82, 2.24) is 4.57 Å². The van der Waals surface area contributed by atoms with Crippen molar-refractivity contribution in [2.75, 3.05) is 12.8 Å². The molecule has 0 aliphatic carbocycles. The first-order chi connectivity index (χ1) is 8.13. The molecule has 0 amide bonds. The van der Waals surface area contributed by atoms with Gasteiger partial charge in [0.15, 0.2) is 0 Å². The molecule has 0 saturated heterocycles. The number of anilines is 1. The maximum absolute atomic E-state index is 11.7. The Bertz CT molecular complexity index is 585. The highest BCUT2D eigenvalue weighted by atomic mass is 16.5. The van der Waals surface area contributed by atoms with Crippen LogP contribution in [0.25, 0.3) is 11.1 Å². The summed E-state index contributed by atoms with van der Waals surface area (Å²) in [5.74, 6) is 0.774. The molecule has 0 bridgehead atoms. The Morgan fingerprint density at radius 2 is 1.82 bits per heavy atom. The normalized spacial score (nSPS) is 10.2. The molecule has 1 aromatic carbocycles. The maximum atomic E-state index is 11.7. The number of ether oxygens (including phenoxy) is 1. The Kier molecular flexibility index (Phi) is 2.87. The van der Waals surface area contributed by atoms with Gasteiger partial charge in [-0.15, -0.1) is 0 Å². The minimum Gasteiger partial charge on any atom is -0.497 e. The van der Waals surface area contributed by atoms with E-state index in [0.717, 1.165) is 16.9 Å². The van der Waals surface area contributed by atoms with Crippen LogP contribution in [0.4, 0.5) is 5.69 Å². The fourth-order valence-electron chi connectivity index (χ4n) is 1.67. The van der Waals surface area contributed by atoms with Gasteiger partial charge in [-0.05, 0) is 23.8 Å². The number of hydrogen-bond acceptors (Lipinski definition) is 3. The van der Waals surface area contributed by atoms with Crippen LogP contribution in [-0.4, -0.2) is 11.7 Å². The molecular formula is C13H14N2O2. The number of rotatable bonds is 2. The third kappa shape index (κ3) is 2.01. The smallest absolute Gasteiger partial charge is 0.274 e. The van der Waals surface area contributed by atoms with Crippen molar-refractivity contribution in [2.45, 2.75) is 0 Å². The molecule has 0 aliphatic rings. The number of benzene rings is 1. The number of pyridine rings is 1. The van der Waals surface area contributed by atoms with E-state index in [-0.39, 0.29) is 11.2 Å². The van der Waals surface area contributed by atoms with Crippen molar-refractivity contribution in [1.29, 1.82) is 0 Å². The summed E-state index contributed by atoms with van der Waals surface area (Å²) < 4.78 is 6.54. The molecule has 1 heterocycles. The second kappa shape index (κ2) is 4.33. The zero-order valence-corrected chi connectivity index (χ0v) is 9.81. The predicted molar refractivity (Wildman–Crippen MR) is 68.1 cm³/mol. The van der Waals surface area contributed by atoms with E-state index in [1.54, 1.807) is 20.4 Å². The number of hydrogen-bond donors (Lipinski definition) is 1. The quantitative estimate of drug-likeness (QED) is 0.853. The van der Waals surface area contributed by atoms with Crippen LogP contribution in [0.1, 0.15) is 0 Å². The van der Waals surface area contributed by atoms with Gasteiger partial charge >= 0.3 is 0 Å². The molecule has 2 rings (SSSR count). The summed E-state index contributed by atoms with van der Waals surface area (Å²) in [6.45, 7) is 0. The lowest BCUT2D eigenvalue weighted by Gasteiger charge is -2.07. The van der Waals surface area contributed by atoms with E-state index in [1.807, 2.05) is 30.3 Å². The van der Waals surface area contributed by atoms with Crippen LogP contribution in [-0.2, 0) is 7.05 Å². The maximum Gasteiger partial charge on any atom is 0.274 e. The van der Waals surface area contributed by atoms with Gasteiger partial charge in [0.05, 0.1) is 7.11 Å². The van der Waals surface area contributed by atoms with Gasteiger partial charge in [0, 0.05) is 18.8 Å². The molecular weight excluding hydrogens is 216 g/mol. The minimum absolute atomic E-state index is 0.182. The van der Waals surface area contributed by atoms with Gasteiger partial charge in [-0.1, -0.05) is 12.1 Å². The van der Waals surface area contributed by atoms with Crippen molar-refractivity contribution < 1.29 is 4.74 Å². The van der Waals surface area contributed by atoms with Crippen LogP contribution in [0.2, 0.25) is 0 Å². The second-order valence-corrected chi connectivity index (χ2v) is 3.79. The Hall–Kier alpha value is -2.23. The van der Waals surface area contributed by atoms with Crippen molar-refractivity contribution >= 4 is 5.69 Å². The van der Waals surface area contributed by atoms with Gasteiger partial charge in [0.2, 0.25) is 0 Å². The van der Waals surface area contributed by atoms with Crippen molar-refractivity contribution in [2.24, 2.45) is 7.05 Å². The topological polar surface area (TPSA) is 57.2 Å². The van der Waals surface area contributed by atoms with Crippen molar-refractivity contribution in [3.05, 3.63) is 46.9 Å². The molecule has 2 aromatic rings. The fourth-order valence-corrected chi connectivity index (χ4v) is 1.67. The summed E-state index contributed by atoms with van der Waals surface area (Å²) in [6, 6.07) is 9.27. The first-order valence-electron chi connectivity index (χ1n) is 5.23. The minimum atomic E-state index is -0.182. The van der Waals surface area contributed by atoms with E-state index in [1.165, 1.54) is 4.57 Å². The van der Waals surface area contributed by atoms with E-state index >= 15 is 0 Å². The average Bonchev–Trinajstić information content (AvgIpc) is 2.36. The van der Waals surface area contributed by atoms with Crippen LogP contribution in [0.5, 0.6) is 5.75 Å². The highest BCUT2D eigenvalue weighted by Gasteiger charge is 2.07. The lowest BCUT2D eigenvalue weighted by molar-refractivity contribution is 0.415. The van der Waals surface area contributed by atoms with Gasteiger partial charge < -0.3 is 15.0 Å². The van der Waals surface area contributed by atoms with E-state index in [2.05, 4.69) is 0 Å². The third-order valence-electron chi connectivity index (χ3n) is 2.71. The lowest BCUT2D eigenvalue weighted by atomic mass is 10.1. The first kappa shape index (κ1) is 11.3. The number of aromatic nitrogens is 1. The number of nitrogens with two attached hydrogens (primary N) is 1. The molecule has 0 unspecified atom stereocenters. The number of nitrogen functional groups attached to an aromatic ring is 1. The Balaban J connectivity index is 2.53. The molecule has 0 saturated carbocycles. The summed E-state index contributed by atoms with van der Waals surface area (Å²) >= 11 is 0. The van der Waals surface area contributed by atoms with Crippen molar-refractivity contribution in [3.8, 4) is 16.9 Å². The molecule has 0 fully saturated rings. The first-order valence-corrected chi connectivity index (χ1v) is 5.23. The molecule has 4 nitrogen and oxygen atoms in total. The standard InChI is InChI=1S/C13H14N2O2/c1-15-8-7-11(12(14)13(15)16)9-3-5-10(17-2)6-4-9/h3-8H,14H2,1-2H3. The summed E-state index contributed by atoms with van der Waals surface area (Å²) in [5.41, 5.74) is 7.55. The van der Waals surface area contributed by atoms with Gasteiger partial charge in [0.25, 0.3) is 5.56 Å². The molecule has 88 valence electrons.